The number of esters is 2. The molecule has 1 aromatic carbocycles. The van der Waals surface area contributed by atoms with Gasteiger partial charge in [0, 0.05) is 13.0 Å². The van der Waals surface area contributed by atoms with Gasteiger partial charge in [0.1, 0.15) is 11.9 Å². The van der Waals surface area contributed by atoms with E-state index in [0.717, 1.165) is 11.6 Å². The second-order valence-electron chi connectivity index (χ2n) is 9.48. The van der Waals surface area contributed by atoms with Crippen LogP contribution in [-0.4, -0.2) is 65.2 Å². The summed E-state index contributed by atoms with van der Waals surface area (Å²) < 4.78 is 27.7. The van der Waals surface area contributed by atoms with Gasteiger partial charge in [-0.2, -0.15) is 0 Å². The highest BCUT2D eigenvalue weighted by atomic mass is 28.3. The van der Waals surface area contributed by atoms with Crippen LogP contribution in [-0.2, 0) is 35.1 Å². The third-order valence-corrected chi connectivity index (χ3v) is 7.78. The van der Waals surface area contributed by atoms with E-state index >= 15 is 0 Å². The standard InChI is InChI=1S/C22H31N3O7Si/c1-28-15-8-6-14(7-9-15)13-31-17-12-16(24-25-23)18-19(32-18)22(17,20(26)29-2)21(27)30-10-11-33(3,4)5/h6-9,16-19H,10-13H2,1-5H3/t16-,17+,18+,19+,22-/m1/s1. The minimum absolute atomic E-state index is 0.121. The number of ether oxygens (including phenoxy) is 5. The third kappa shape index (κ3) is 5.32. The van der Waals surface area contributed by atoms with Crippen molar-refractivity contribution in [1.82, 2.24) is 0 Å². The van der Waals surface area contributed by atoms with Crippen molar-refractivity contribution in [2.45, 2.75) is 63.1 Å². The van der Waals surface area contributed by atoms with E-state index in [1.807, 2.05) is 12.1 Å². The zero-order valence-electron chi connectivity index (χ0n) is 19.6. The number of carbonyl (C=O) groups excluding carboxylic acids is 2. The lowest BCUT2D eigenvalue weighted by molar-refractivity contribution is -0.188. The van der Waals surface area contributed by atoms with Crippen LogP contribution in [0.25, 0.3) is 10.4 Å². The fraction of sp³-hybridized carbons (Fsp3) is 0.636. The summed E-state index contributed by atoms with van der Waals surface area (Å²) in [6, 6.07) is 7.43. The van der Waals surface area contributed by atoms with Gasteiger partial charge in [0.15, 0.2) is 0 Å². The summed E-state index contributed by atoms with van der Waals surface area (Å²) in [7, 11) is 1.33. The molecule has 0 spiro atoms. The first kappa shape index (κ1) is 25.0. The molecule has 0 aromatic heterocycles. The zero-order valence-corrected chi connectivity index (χ0v) is 20.6. The van der Waals surface area contributed by atoms with E-state index in [0.29, 0.717) is 5.75 Å². The van der Waals surface area contributed by atoms with Crippen molar-refractivity contribution in [3.63, 3.8) is 0 Å². The molecule has 2 fully saturated rings. The molecule has 1 aliphatic heterocycles. The Labute approximate surface area is 194 Å². The summed E-state index contributed by atoms with van der Waals surface area (Å²) in [5.41, 5.74) is 7.99. The smallest absolute Gasteiger partial charge is 0.329 e. The lowest BCUT2D eigenvalue weighted by atomic mass is 9.70. The number of benzene rings is 1. The molecule has 1 saturated heterocycles. The van der Waals surface area contributed by atoms with Gasteiger partial charge in [-0.05, 0) is 35.7 Å². The highest BCUT2D eigenvalue weighted by Crippen LogP contribution is 2.53. The first-order valence-electron chi connectivity index (χ1n) is 10.9. The molecule has 180 valence electrons. The lowest BCUT2D eigenvalue weighted by Crippen LogP contribution is -2.59. The van der Waals surface area contributed by atoms with Crippen molar-refractivity contribution >= 4 is 20.0 Å². The fourth-order valence-corrected chi connectivity index (χ4v) is 4.83. The predicted octanol–water partition coefficient (Wildman–Crippen LogP) is 3.47. The van der Waals surface area contributed by atoms with Crippen molar-refractivity contribution in [2.75, 3.05) is 20.8 Å². The molecule has 0 N–H and O–H groups in total. The summed E-state index contributed by atoms with van der Waals surface area (Å²) in [5, 5.41) is 3.80. The molecule has 1 saturated carbocycles. The Hall–Kier alpha value is -2.59. The number of nitrogens with zero attached hydrogens (tertiary/aromatic N) is 3. The van der Waals surface area contributed by atoms with Crippen LogP contribution in [0, 0.1) is 5.41 Å². The molecule has 33 heavy (non-hydrogen) atoms. The van der Waals surface area contributed by atoms with Crippen molar-refractivity contribution < 1.29 is 33.3 Å². The highest BCUT2D eigenvalue weighted by molar-refractivity contribution is 6.76. The molecule has 11 heteroatoms. The Morgan fingerprint density at radius 3 is 2.48 bits per heavy atom. The minimum Gasteiger partial charge on any atom is -0.497 e. The van der Waals surface area contributed by atoms with Gasteiger partial charge in [-0.1, -0.05) is 36.9 Å². The van der Waals surface area contributed by atoms with Crippen molar-refractivity contribution in [3.8, 4) is 5.75 Å². The van der Waals surface area contributed by atoms with Crippen LogP contribution in [0.4, 0.5) is 0 Å². The Bertz CT molecular complexity index is 914. The van der Waals surface area contributed by atoms with E-state index in [-0.39, 0.29) is 19.6 Å². The molecule has 1 aliphatic carbocycles. The number of fused-ring (bicyclic) bond motifs is 1. The summed E-state index contributed by atoms with van der Waals surface area (Å²) in [4.78, 5) is 29.4. The Morgan fingerprint density at radius 2 is 1.91 bits per heavy atom. The first-order chi connectivity index (χ1) is 15.7. The molecule has 1 aromatic rings. The van der Waals surface area contributed by atoms with Gasteiger partial charge in [0.2, 0.25) is 5.41 Å². The molecule has 2 aliphatic rings. The van der Waals surface area contributed by atoms with Crippen molar-refractivity contribution in [1.29, 1.82) is 0 Å². The normalized spacial score (nSPS) is 28.2. The zero-order chi connectivity index (χ0) is 24.2. The molecule has 0 amide bonds. The average molecular weight is 478 g/mol. The predicted molar refractivity (Wildman–Crippen MR) is 121 cm³/mol. The largest absolute Gasteiger partial charge is 0.497 e. The fourth-order valence-electron chi connectivity index (χ4n) is 4.12. The maximum Gasteiger partial charge on any atom is 0.329 e. The molecule has 0 bridgehead atoms. The summed E-state index contributed by atoms with van der Waals surface area (Å²) in [6.45, 7) is 6.83. The first-order valence-corrected chi connectivity index (χ1v) is 14.6. The maximum atomic E-state index is 13.4. The van der Waals surface area contributed by atoms with Gasteiger partial charge in [-0.25, -0.2) is 0 Å². The van der Waals surface area contributed by atoms with Crippen molar-refractivity contribution in [3.05, 3.63) is 40.3 Å². The molecule has 1 heterocycles. The Balaban J connectivity index is 1.88. The van der Waals surface area contributed by atoms with E-state index < -0.39 is 49.8 Å². The lowest BCUT2D eigenvalue weighted by Gasteiger charge is -2.38. The van der Waals surface area contributed by atoms with E-state index in [1.165, 1.54) is 7.11 Å². The van der Waals surface area contributed by atoms with Crippen LogP contribution in [0.5, 0.6) is 5.75 Å². The third-order valence-electron chi connectivity index (χ3n) is 6.07. The average Bonchev–Trinajstić information content (AvgIpc) is 3.58. The van der Waals surface area contributed by atoms with Crippen LogP contribution in [0.15, 0.2) is 29.4 Å². The SMILES string of the molecule is COC(=O)[C@@]1(C(=O)OCC[Si](C)(C)C)[C@@H](OCc2ccc(OC)cc2)C[C@@H](N=[N+]=[N-])[C@@H]2O[C@@H]21. The number of rotatable bonds is 10. The highest BCUT2D eigenvalue weighted by Gasteiger charge is 2.74. The minimum atomic E-state index is -1.78. The monoisotopic (exact) mass is 477 g/mol. The van der Waals surface area contributed by atoms with Gasteiger partial charge in [-0.3, -0.25) is 9.59 Å². The Morgan fingerprint density at radius 1 is 1.21 bits per heavy atom. The molecule has 10 nitrogen and oxygen atoms in total. The quantitative estimate of drug-likeness (QED) is 0.0958. The van der Waals surface area contributed by atoms with Gasteiger partial charge in [0.25, 0.3) is 0 Å². The van der Waals surface area contributed by atoms with Crippen LogP contribution in [0.3, 0.4) is 0 Å². The maximum absolute atomic E-state index is 13.4. The van der Waals surface area contributed by atoms with Crippen molar-refractivity contribution in [2.24, 2.45) is 10.5 Å². The number of epoxide rings is 1. The van der Waals surface area contributed by atoms with E-state index in [9.17, 15) is 9.59 Å². The van der Waals surface area contributed by atoms with Gasteiger partial charge in [-0.15, -0.1) is 0 Å². The van der Waals surface area contributed by atoms with Crippen LogP contribution < -0.4 is 4.74 Å². The molecule has 5 atom stereocenters. The number of carbonyl (C=O) groups is 2. The molecule has 0 unspecified atom stereocenters. The summed E-state index contributed by atoms with van der Waals surface area (Å²) >= 11 is 0. The summed E-state index contributed by atoms with van der Waals surface area (Å²) in [5.74, 6) is -0.796. The van der Waals surface area contributed by atoms with Gasteiger partial charge < -0.3 is 23.7 Å². The van der Waals surface area contributed by atoms with Crippen LogP contribution in [0.1, 0.15) is 12.0 Å². The number of hydrogen-bond acceptors (Lipinski definition) is 8. The summed E-state index contributed by atoms with van der Waals surface area (Å²) in [6.07, 6.45) is -2.23. The Kier molecular flexibility index (Phi) is 7.68. The van der Waals surface area contributed by atoms with Crippen LogP contribution >= 0.6 is 0 Å². The van der Waals surface area contributed by atoms with Gasteiger partial charge in [0.05, 0.1) is 45.7 Å². The molecule has 0 radical (unpaired) electrons. The molecule has 3 rings (SSSR count). The molecular formula is C22H31N3O7Si. The number of methoxy groups -OCH3 is 2. The van der Waals surface area contributed by atoms with E-state index in [1.54, 1.807) is 19.2 Å². The van der Waals surface area contributed by atoms with Gasteiger partial charge >= 0.3 is 11.9 Å². The second kappa shape index (κ2) is 10.1. The topological polar surface area (TPSA) is 132 Å². The molecular weight excluding hydrogens is 446 g/mol. The van der Waals surface area contributed by atoms with E-state index in [2.05, 4.69) is 29.7 Å². The van der Waals surface area contributed by atoms with Crippen LogP contribution in [0.2, 0.25) is 25.7 Å². The van der Waals surface area contributed by atoms with E-state index in [4.69, 9.17) is 29.2 Å². The number of hydrogen-bond donors (Lipinski definition) is 0. The second-order valence-corrected chi connectivity index (χ2v) is 15.1. The number of azide groups is 1.